The summed E-state index contributed by atoms with van der Waals surface area (Å²) >= 11 is 0. The van der Waals surface area contributed by atoms with Crippen molar-refractivity contribution in [3.8, 4) is 5.75 Å². The van der Waals surface area contributed by atoms with Gasteiger partial charge in [0.2, 0.25) is 0 Å². The van der Waals surface area contributed by atoms with E-state index in [9.17, 15) is 17.6 Å². The molecule has 6 heteroatoms. The molecule has 2 aliphatic rings. The zero-order valence-corrected chi connectivity index (χ0v) is 17.1. The second kappa shape index (κ2) is 10.1. The Bertz CT molecular complexity index is 636. The minimum atomic E-state index is -3.39. The van der Waals surface area contributed by atoms with Crippen LogP contribution in [-0.4, -0.2) is 18.8 Å². The summed E-state index contributed by atoms with van der Waals surface area (Å²) in [5.41, 5.74) is 0. The largest absolute Gasteiger partial charge is 0.432 e. The van der Waals surface area contributed by atoms with Crippen LogP contribution in [0.1, 0.15) is 71.1 Å². The molecular formula is C23H32F4O2. The van der Waals surface area contributed by atoms with Crippen LogP contribution < -0.4 is 4.74 Å². The maximum absolute atomic E-state index is 14.1. The summed E-state index contributed by atoms with van der Waals surface area (Å²) in [7, 11) is 0. The number of alkyl halides is 2. The molecule has 2 aliphatic carbocycles. The Morgan fingerprint density at radius 2 is 1.55 bits per heavy atom. The topological polar surface area (TPSA) is 18.5 Å². The zero-order chi connectivity index (χ0) is 20.9. The van der Waals surface area contributed by atoms with Gasteiger partial charge in [-0.1, -0.05) is 19.8 Å². The fourth-order valence-electron chi connectivity index (χ4n) is 4.49. The molecule has 1 aromatic carbocycles. The summed E-state index contributed by atoms with van der Waals surface area (Å²) < 4.78 is 64.9. The van der Waals surface area contributed by atoms with E-state index in [0.717, 1.165) is 50.3 Å². The smallest absolute Gasteiger partial charge is 0.397 e. The van der Waals surface area contributed by atoms with Gasteiger partial charge in [-0.3, -0.25) is 0 Å². The van der Waals surface area contributed by atoms with E-state index in [4.69, 9.17) is 4.74 Å². The quantitative estimate of drug-likeness (QED) is 0.420. The van der Waals surface area contributed by atoms with Crippen molar-refractivity contribution in [3.63, 3.8) is 0 Å². The van der Waals surface area contributed by atoms with Gasteiger partial charge < -0.3 is 9.47 Å². The van der Waals surface area contributed by atoms with E-state index in [1.54, 1.807) is 0 Å². The fraction of sp³-hybridized carbons (Fsp3) is 0.739. The highest BCUT2D eigenvalue weighted by Crippen LogP contribution is 2.35. The van der Waals surface area contributed by atoms with Crippen LogP contribution in [0.4, 0.5) is 17.6 Å². The number of ether oxygens (including phenoxy) is 2. The van der Waals surface area contributed by atoms with Crippen LogP contribution in [0.5, 0.6) is 5.75 Å². The molecule has 29 heavy (non-hydrogen) atoms. The molecule has 2 nitrogen and oxygen atoms in total. The van der Waals surface area contributed by atoms with Gasteiger partial charge in [-0.2, -0.15) is 8.78 Å². The Morgan fingerprint density at radius 1 is 0.897 bits per heavy atom. The molecule has 0 aromatic heterocycles. The lowest BCUT2D eigenvalue weighted by molar-refractivity contribution is -0.183. The van der Waals surface area contributed by atoms with Gasteiger partial charge in [0, 0.05) is 12.7 Å². The SMILES string of the molecule is CC1CCC(COC2CCC(CCC(F)(F)Oc3ccc(F)c(F)c3)CC2)CC1. The van der Waals surface area contributed by atoms with Gasteiger partial charge in [0.15, 0.2) is 11.6 Å². The molecule has 0 radical (unpaired) electrons. The first-order valence-corrected chi connectivity index (χ1v) is 10.9. The molecule has 0 saturated heterocycles. The Labute approximate surface area is 171 Å². The minimum Gasteiger partial charge on any atom is -0.432 e. The molecule has 0 spiro atoms. The summed E-state index contributed by atoms with van der Waals surface area (Å²) in [6.45, 7) is 3.15. The van der Waals surface area contributed by atoms with Crippen LogP contribution in [0.2, 0.25) is 0 Å². The number of hydrogen-bond donors (Lipinski definition) is 0. The molecule has 0 heterocycles. The van der Waals surface area contributed by atoms with Crippen LogP contribution in [0.15, 0.2) is 18.2 Å². The van der Waals surface area contributed by atoms with E-state index < -0.39 is 24.2 Å². The van der Waals surface area contributed by atoms with Crippen molar-refractivity contribution in [1.29, 1.82) is 0 Å². The fourth-order valence-corrected chi connectivity index (χ4v) is 4.49. The summed E-state index contributed by atoms with van der Waals surface area (Å²) in [6, 6.07) is 2.45. The van der Waals surface area contributed by atoms with Gasteiger partial charge in [-0.25, -0.2) is 8.78 Å². The van der Waals surface area contributed by atoms with Gasteiger partial charge in [-0.15, -0.1) is 0 Å². The molecule has 3 rings (SSSR count). The predicted octanol–water partition coefficient (Wildman–Crippen LogP) is 7.12. The summed E-state index contributed by atoms with van der Waals surface area (Å²) in [4.78, 5) is 0. The Kier molecular flexibility index (Phi) is 7.83. The third kappa shape index (κ3) is 7.16. The molecule has 0 aliphatic heterocycles. The van der Waals surface area contributed by atoms with Crippen molar-refractivity contribution >= 4 is 0 Å². The third-order valence-corrected chi connectivity index (χ3v) is 6.50. The molecule has 0 N–H and O–H groups in total. The molecule has 164 valence electrons. The molecular weight excluding hydrogens is 384 g/mol. The maximum atomic E-state index is 14.1. The zero-order valence-electron chi connectivity index (χ0n) is 17.1. The molecule has 0 bridgehead atoms. The molecule has 0 unspecified atom stereocenters. The average molecular weight is 416 g/mol. The molecule has 1 aromatic rings. The number of hydrogen-bond acceptors (Lipinski definition) is 2. The average Bonchev–Trinajstić information content (AvgIpc) is 2.69. The van der Waals surface area contributed by atoms with Crippen LogP contribution in [0.25, 0.3) is 0 Å². The first-order valence-electron chi connectivity index (χ1n) is 10.9. The summed E-state index contributed by atoms with van der Waals surface area (Å²) in [6.07, 6.45) is 5.48. The maximum Gasteiger partial charge on any atom is 0.397 e. The molecule has 2 saturated carbocycles. The lowest BCUT2D eigenvalue weighted by Gasteiger charge is -2.32. The highest BCUT2D eigenvalue weighted by molar-refractivity contribution is 5.23. The minimum absolute atomic E-state index is 0.227. The van der Waals surface area contributed by atoms with Crippen molar-refractivity contribution < 1.29 is 27.0 Å². The van der Waals surface area contributed by atoms with Gasteiger partial charge >= 0.3 is 6.11 Å². The predicted molar refractivity (Wildman–Crippen MR) is 104 cm³/mol. The van der Waals surface area contributed by atoms with E-state index in [2.05, 4.69) is 11.7 Å². The first-order chi connectivity index (χ1) is 13.8. The standard InChI is InChI=1S/C23H32F4O2/c1-16-2-4-18(5-3-16)15-28-19-8-6-17(7-9-19)12-13-23(26,27)29-20-10-11-21(24)22(25)14-20/h10-11,14,16-19H,2-9,12-13,15H2,1H3. The number of halogens is 4. The van der Waals surface area contributed by atoms with Crippen molar-refractivity contribution in [2.75, 3.05) is 6.61 Å². The van der Waals surface area contributed by atoms with Gasteiger partial charge in [0.05, 0.1) is 12.5 Å². The monoisotopic (exact) mass is 416 g/mol. The second-order valence-electron chi connectivity index (χ2n) is 8.96. The van der Waals surface area contributed by atoms with Gasteiger partial charge in [-0.05, 0) is 74.8 Å². The van der Waals surface area contributed by atoms with Crippen LogP contribution in [-0.2, 0) is 4.74 Å². The third-order valence-electron chi connectivity index (χ3n) is 6.50. The van der Waals surface area contributed by atoms with Crippen LogP contribution in [0, 0.1) is 29.4 Å². The van der Waals surface area contributed by atoms with Crippen molar-refractivity contribution in [3.05, 3.63) is 29.8 Å². The lowest BCUT2D eigenvalue weighted by Crippen LogP contribution is -2.28. The number of rotatable bonds is 8. The van der Waals surface area contributed by atoms with E-state index >= 15 is 0 Å². The van der Waals surface area contributed by atoms with E-state index in [0.29, 0.717) is 18.4 Å². The van der Waals surface area contributed by atoms with E-state index in [-0.39, 0.29) is 17.8 Å². The van der Waals surface area contributed by atoms with Crippen molar-refractivity contribution in [2.45, 2.75) is 83.3 Å². The van der Waals surface area contributed by atoms with Gasteiger partial charge in [0.1, 0.15) is 5.75 Å². The van der Waals surface area contributed by atoms with Crippen LogP contribution >= 0.6 is 0 Å². The molecule has 2 fully saturated rings. The normalized spacial score (nSPS) is 28.3. The van der Waals surface area contributed by atoms with Gasteiger partial charge in [0.25, 0.3) is 0 Å². The Hall–Kier alpha value is -1.30. The Balaban J connectivity index is 1.34. The van der Waals surface area contributed by atoms with Crippen molar-refractivity contribution in [2.24, 2.45) is 17.8 Å². The highest BCUT2D eigenvalue weighted by Gasteiger charge is 2.34. The highest BCUT2D eigenvalue weighted by atomic mass is 19.3. The Morgan fingerprint density at radius 3 is 2.21 bits per heavy atom. The first kappa shape index (κ1) is 22.4. The second-order valence-corrected chi connectivity index (χ2v) is 8.96. The number of benzene rings is 1. The summed E-state index contributed by atoms with van der Waals surface area (Å²) in [5, 5.41) is 0. The molecule has 0 atom stereocenters. The van der Waals surface area contributed by atoms with Crippen LogP contribution in [0.3, 0.4) is 0 Å². The van der Waals surface area contributed by atoms with Crippen molar-refractivity contribution in [1.82, 2.24) is 0 Å². The molecule has 0 amide bonds. The van der Waals surface area contributed by atoms with E-state index in [1.807, 2.05) is 0 Å². The summed E-state index contributed by atoms with van der Waals surface area (Å²) in [5.74, 6) is -0.896. The van der Waals surface area contributed by atoms with E-state index in [1.165, 1.54) is 25.7 Å². The lowest BCUT2D eigenvalue weighted by atomic mass is 9.83.